The summed E-state index contributed by atoms with van der Waals surface area (Å²) in [4.78, 5) is 14.8. The first-order chi connectivity index (χ1) is 12.4. The zero-order valence-electron chi connectivity index (χ0n) is 14.8. The van der Waals surface area contributed by atoms with Gasteiger partial charge in [0.05, 0.1) is 23.0 Å². The molecule has 1 unspecified atom stereocenters. The van der Waals surface area contributed by atoms with Crippen LogP contribution in [0.1, 0.15) is 34.1 Å². The van der Waals surface area contributed by atoms with Crippen LogP contribution in [0.25, 0.3) is 4.91 Å². The largest absolute Gasteiger partial charge is 0.468 e. The van der Waals surface area contributed by atoms with Crippen LogP contribution >= 0.6 is 0 Å². The second-order valence-electron chi connectivity index (χ2n) is 6.46. The van der Waals surface area contributed by atoms with Crippen molar-refractivity contribution in [1.82, 2.24) is 10.2 Å². The van der Waals surface area contributed by atoms with Crippen molar-refractivity contribution in [3.8, 4) is 0 Å². The fourth-order valence-corrected chi connectivity index (χ4v) is 4.51. The summed E-state index contributed by atoms with van der Waals surface area (Å²) in [6.45, 7) is 0.380. The number of nitrogens with zero attached hydrogens (tertiary/aromatic N) is 1. The molecule has 1 aromatic carbocycles. The summed E-state index contributed by atoms with van der Waals surface area (Å²) in [5, 5.41) is 2.90. The molecule has 0 spiro atoms. The standard InChI is InChI=1S/C19H22N2O4S/c1-21(2)16(17-8-4-10-25-17)13-20-19(22)15-7-3-6-14(12-15)18-9-5-11-26(18,23)24/h3-4,6-10,12,16H,5,11,13H2,1-2H3,(H,20,22). The molecule has 2 aromatic rings. The number of hydrogen-bond donors (Lipinski definition) is 1. The topological polar surface area (TPSA) is 79.6 Å². The van der Waals surface area contributed by atoms with Gasteiger partial charge >= 0.3 is 0 Å². The lowest BCUT2D eigenvalue weighted by Gasteiger charge is -2.22. The Labute approximate surface area is 153 Å². The van der Waals surface area contributed by atoms with E-state index in [0.29, 0.717) is 29.0 Å². The maximum Gasteiger partial charge on any atom is 0.251 e. The third-order valence-electron chi connectivity index (χ3n) is 4.41. The van der Waals surface area contributed by atoms with E-state index in [0.717, 1.165) is 5.76 Å². The molecule has 2 heterocycles. The van der Waals surface area contributed by atoms with Gasteiger partial charge in [-0.2, -0.15) is 0 Å². The maximum atomic E-state index is 12.5. The molecule has 3 rings (SSSR count). The first-order valence-corrected chi connectivity index (χ1v) is 10.0. The van der Waals surface area contributed by atoms with Crippen LogP contribution < -0.4 is 5.32 Å². The quantitative estimate of drug-likeness (QED) is 0.840. The summed E-state index contributed by atoms with van der Waals surface area (Å²) in [6.07, 6.45) is 3.83. The summed E-state index contributed by atoms with van der Waals surface area (Å²) < 4.78 is 29.6. The van der Waals surface area contributed by atoms with Gasteiger partial charge in [-0.25, -0.2) is 8.42 Å². The van der Waals surface area contributed by atoms with E-state index in [-0.39, 0.29) is 17.7 Å². The van der Waals surface area contributed by atoms with Gasteiger partial charge in [-0.3, -0.25) is 9.69 Å². The van der Waals surface area contributed by atoms with Gasteiger partial charge in [0.15, 0.2) is 9.84 Å². The van der Waals surface area contributed by atoms with Gasteiger partial charge in [0, 0.05) is 12.1 Å². The molecule has 1 aliphatic heterocycles. The van der Waals surface area contributed by atoms with Gasteiger partial charge in [0.1, 0.15) is 5.76 Å². The lowest BCUT2D eigenvalue weighted by atomic mass is 10.1. The maximum absolute atomic E-state index is 12.5. The molecule has 0 saturated carbocycles. The summed E-state index contributed by atoms with van der Waals surface area (Å²) >= 11 is 0. The summed E-state index contributed by atoms with van der Waals surface area (Å²) in [5.41, 5.74) is 0.993. The lowest BCUT2D eigenvalue weighted by molar-refractivity contribution is 0.0939. The third-order valence-corrected chi connectivity index (χ3v) is 6.26. The minimum atomic E-state index is -3.24. The highest BCUT2D eigenvalue weighted by Crippen LogP contribution is 2.28. The first-order valence-electron chi connectivity index (χ1n) is 8.40. The number of sulfone groups is 1. The van der Waals surface area contributed by atoms with Gasteiger partial charge < -0.3 is 9.73 Å². The summed E-state index contributed by atoms with van der Waals surface area (Å²) in [7, 11) is 0.589. The van der Waals surface area contributed by atoms with Gasteiger partial charge in [0.2, 0.25) is 0 Å². The van der Waals surface area contributed by atoms with Crippen molar-refractivity contribution >= 4 is 20.6 Å². The highest BCUT2D eigenvalue weighted by molar-refractivity contribution is 8.00. The molecular weight excluding hydrogens is 352 g/mol. The van der Waals surface area contributed by atoms with Crippen molar-refractivity contribution < 1.29 is 17.6 Å². The molecule has 1 aliphatic rings. The number of rotatable bonds is 6. The van der Waals surface area contributed by atoms with Crippen molar-refractivity contribution in [3.63, 3.8) is 0 Å². The predicted octanol–water partition coefficient (Wildman–Crippen LogP) is 2.47. The number of nitrogens with one attached hydrogen (secondary N) is 1. The molecule has 26 heavy (non-hydrogen) atoms. The molecular formula is C19H22N2O4S. The second-order valence-corrected chi connectivity index (χ2v) is 8.54. The highest BCUT2D eigenvalue weighted by Gasteiger charge is 2.25. The van der Waals surface area contributed by atoms with Crippen molar-refractivity contribution in [1.29, 1.82) is 0 Å². The Morgan fingerprint density at radius 1 is 1.27 bits per heavy atom. The van der Waals surface area contributed by atoms with Crippen LogP contribution in [-0.2, 0) is 9.84 Å². The number of carbonyl (C=O) groups is 1. The Bertz CT molecular complexity index is 915. The summed E-state index contributed by atoms with van der Waals surface area (Å²) in [6, 6.07) is 10.3. The molecule has 1 aromatic heterocycles. The van der Waals surface area contributed by atoms with Gasteiger partial charge in [-0.15, -0.1) is 0 Å². The van der Waals surface area contributed by atoms with Gasteiger partial charge in [-0.05, 0) is 50.3 Å². The van der Waals surface area contributed by atoms with E-state index in [4.69, 9.17) is 4.42 Å². The second kappa shape index (κ2) is 7.47. The van der Waals surface area contributed by atoms with Crippen LogP contribution in [0.5, 0.6) is 0 Å². The average molecular weight is 374 g/mol. The number of carbonyl (C=O) groups excluding carboxylic acids is 1. The zero-order valence-corrected chi connectivity index (χ0v) is 15.6. The van der Waals surface area contributed by atoms with E-state index >= 15 is 0 Å². The van der Waals surface area contributed by atoms with Crippen molar-refractivity contribution in [2.24, 2.45) is 0 Å². The molecule has 138 valence electrons. The minimum absolute atomic E-state index is 0.0879. The first kappa shape index (κ1) is 18.4. The SMILES string of the molecule is CN(C)C(CNC(=O)c1cccc(C2=CCCS2(=O)=O)c1)c1ccco1. The van der Waals surface area contributed by atoms with E-state index in [1.54, 1.807) is 36.6 Å². The van der Waals surface area contributed by atoms with Gasteiger partial charge in [0.25, 0.3) is 5.91 Å². The Kier molecular flexibility index (Phi) is 5.29. The fraction of sp³-hybridized carbons (Fsp3) is 0.316. The molecule has 0 aliphatic carbocycles. The number of amides is 1. The van der Waals surface area contributed by atoms with Crippen LogP contribution in [0.2, 0.25) is 0 Å². The number of likely N-dealkylation sites (N-methyl/N-ethyl adjacent to an activating group) is 1. The van der Waals surface area contributed by atoms with Crippen LogP contribution in [0.15, 0.2) is 53.2 Å². The Morgan fingerprint density at radius 3 is 2.69 bits per heavy atom. The zero-order chi connectivity index (χ0) is 18.7. The van der Waals surface area contributed by atoms with E-state index < -0.39 is 9.84 Å². The van der Waals surface area contributed by atoms with Crippen LogP contribution in [0, 0.1) is 0 Å². The predicted molar refractivity (Wildman–Crippen MR) is 100 cm³/mol. The minimum Gasteiger partial charge on any atom is -0.468 e. The van der Waals surface area contributed by atoms with Crippen LogP contribution in [0.4, 0.5) is 0 Å². The Balaban J connectivity index is 1.73. The van der Waals surface area contributed by atoms with E-state index in [2.05, 4.69) is 5.32 Å². The molecule has 0 bridgehead atoms. The molecule has 0 fully saturated rings. The van der Waals surface area contributed by atoms with E-state index in [1.165, 1.54) is 0 Å². The molecule has 7 heteroatoms. The van der Waals surface area contributed by atoms with Crippen LogP contribution in [0.3, 0.4) is 0 Å². The smallest absolute Gasteiger partial charge is 0.251 e. The lowest BCUT2D eigenvalue weighted by Crippen LogP contribution is -2.34. The van der Waals surface area contributed by atoms with Crippen molar-refractivity contribution in [2.75, 3.05) is 26.4 Å². The average Bonchev–Trinajstić information content (AvgIpc) is 3.24. The third kappa shape index (κ3) is 3.89. The molecule has 0 radical (unpaired) electrons. The Hall–Kier alpha value is -2.38. The van der Waals surface area contributed by atoms with Crippen molar-refractivity contribution in [2.45, 2.75) is 12.5 Å². The molecule has 1 N–H and O–H groups in total. The monoisotopic (exact) mass is 374 g/mol. The summed E-state index contributed by atoms with van der Waals surface area (Å²) in [5.74, 6) is 0.652. The normalized spacial score (nSPS) is 17.1. The van der Waals surface area contributed by atoms with E-state index in [9.17, 15) is 13.2 Å². The molecule has 0 saturated heterocycles. The number of furan rings is 1. The van der Waals surface area contributed by atoms with Crippen LogP contribution in [-0.4, -0.2) is 45.6 Å². The molecule has 6 nitrogen and oxygen atoms in total. The number of allylic oxidation sites excluding steroid dienone is 1. The Morgan fingerprint density at radius 2 is 2.08 bits per heavy atom. The van der Waals surface area contributed by atoms with Gasteiger partial charge in [-0.1, -0.05) is 18.2 Å². The highest BCUT2D eigenvalue weighted by atomic mass is 32.2. The van der Waals surface area contributed by atoms with E-state index in [1.807, 2.05) is 31.1 Å². The fourth-order valence-electron chi connectivity index (χ4n) is 3.00. The number of hydrogen-bond acceptors (Lipinski definition) is 5. The molecule has 1 atom stereocenters. The number of benzene rings is 1. The molecule has 1 amide bonds. The van der Waals surface area contributed by atoms with Crippen molar-refractivity contribution in [3.05, 3.63) is 65.6 Å².